The van der Waals surface area contributed by atoms with Crippen molar-refractivity contribution in [3.8, 4) is 0 Å². The fourth-order valence-electron chi connectivity index (χ4n) is 6.67. The van der Waals surface area contributed by atoms with Crippen LogP contribution in [0.15, 0.2) is 60.8 Å². The number of amides is 3. The highest BCUT2D eigenvalue weighted by Gasteiger charge is 2.51. The number of pyridine rings is 2. The second-order valence-electron chi connectivity index (χ2n) is 10.4. The van der Waals surface area contributed by atoms with Crippen LogP contribution < -0.4 is 15.5 Å². The first-order chi connectivity index (χ1) is 18.0. The van der Waals surface area contributed by atoms with Gasteiger partial charge in [0.25, 0.3) is 5.91 Å². The molecule has 4 aromatic rings. The minimum atomic E-state index is -0.647. The molecule has 2 N–H and O–H groups in total. The van der Waals surface area contributed by atoms with E-state index in [9.17, 15) is 14.4 Å². The highest BCUT2D eigenvalue weighted by molar-refractivity contribution is 6.10. The molecule has 2 unspecified atom stereocenters. The van der Waals surface area contributed by atoms with E-state index >= 15 is 0 Å². The molecule has 3 aliphatic heterocycles. The molecular formula is C29H21N5O3. The molecule has 8 heteroatoms. The molecule has 2 aromatic carbocycles. The Morgan fingerprint density at radius 1 is 1.00 bits per heavy atom. The fraction of sp³-hybridized carbons (Fsp3) is 0.207. The lowest BCUT2D eigenvalue weighted by Gasteiger charge is -2.20. The maximum Gasteiger partial charge on any atom is 0.276 e. The van der Waals surface area contributed by atoms with Gasteiger partial charge in [-0.25, -0.2) is 9.97 Å². The monoisotopic (exact) mass is 487 g/mol. The van der Waals surface area contributed by atoms with Crippen molar-refractivity contribution < 1.29 is 14.4 Å². The van der Waals surface area contributed by atoms with Crippen LogP contribution in [-0.2, 0) is 27.8 Å². The predicted octanol–water partition coefficient (Wildman–Crippen LogP) is 3.70. The summed E-state index contributed by atoms with van der Waals surface area (Å²) in [5.74, 6) is 0.429. The summed E-state index contributed by atoms with van der Waals surface area (Å²) in [6.07, 6.45) is 3.26. The summed E-state index contributed by atoms with van der Waals surface area (Å²) in [4.78, 5) is 49.7. The molecule has 8 rings (SSSR count). The topological polar surface area (TPSA) is 104 Å². The number of carbonyl (C=O) groups excluding carboxylic acids is 3. The van der Waals surface area contributed by atoms with Gasteiger partial charge in [-0.2, -0.15) is 0 Å². The normalized spacial score (nSPS) is 22.6. The van der Waals surface area contributed by atoms with Crippen molar-refractivity contribution >= 4 is 45.8 Å². The van der Waals surface area contributed by atoms with Crippen molar-refractivity contribution in [2.75, 3.05) is 22.1 Å². The first-order valence-corrected chi connectivity index (χ1v) is 12.4. The minimum absolute atomic E-state index is 0.00117. The van der Waals surface area contributed by atoms with Gasteiger partial charge in [0, 0.05) is 53.0 Å². The van der Waals surface area contributed by atoms with Crippen LogP contribution in [-0.4, -0.2) is 34.2 Å². The quantitative estimate of drug-likeness (QED) is 0.426. The number of carbonyl (C=O) groups is 3. The van der Waals surface area contributed by atoms with Gasteiger partial charge in [0.05, 0.1) is 10.9 Å². The van der Waals surface area contributed by atoms with Crippen molar-refractivity contribution in [3.05, 3.63) is 88.7 Å². The number of aromatic nitrogens is 2. The zero-order valence-electron chi connectivity index (χ0n) is 19.7. The van der Waals surface area contributed by atoms with E-state index in [0.29, 0.717) is 37.3 Å². The Bertz CT molecular complexity index is 1730. The maximum atomic E-state index is 13.6. The van der Waals surface area contributed by atoms with Gasteiger partial charge in [-0.05, 0) is 60.4 Å². The van der Waals surface area contributed by atoms with E-state index < -0.39 is 5.41 Å². The van der Waals surface area contributed by atoms with Gasteiger partial charge in [-0.15, -0.1) is 0 Å². The number of rotatable bonds is 1. The summed E-state index contributed by atoms with van der Waals surface area (Å²) in [5, 5.41) is 6.81. The number of nitrogens with zero attached hydrogens (tertiary/aromatic N) is 3. The van der Waals surface area contributed by atoms with Gasteiger partial charge in [0.1, 0.15) is 11.5 Å². The van der Waals surface area contributed by atoms with Crippen LogP contribution in [0.3, 0.4) is 0 Å². The Labute approximate surface area is 211 Å². The van der Waals surface area contributed by atoms with E-state index in [1.807, 2.05) is 42.5 Å². The van der Waals surface area contributed by atoms with Crippen molar-refractivity contribution in [2.24, 2.45) is 0 Å². The Kier molecular flexibility index (Phi) is 3.90. The van der Waals surface area contributed by atoms with Crippen molar-refractivity contribution in [1.29, 1.82) is 0 Å². The number of fused-ring (bicyclic) bond motifs is 4. The number of hydrogen-bond acceptors (Lipinski definition) is 5. The number of nitrogens with one attached hydrogen (secondary N) is 2. The Balaban J connectivity index is 1.15. The van der Waals surface area contributed by atoms with Gasteiger partial charge >= 0.3 is 0 Å². The molecule has 0 fully saturated rings. The zero-order chi connectivity index (χ0) is 24.9. The molecule has 4 aliphatic rings. The first-order valence-electron chi connectivity index (χ1n) is 12.4. The Hall–Kier alpha value is -4.59. The highest BCUT2D eigenvalue weighted by atomic mass is 16.2. The van der Waals surface area contributed by atoms with Crippen LogP contribution >= 0.6 is 0 Å². The van der Waals surface area contributed by atoms with Crippen LogP contribution in [0.5, 0.6) is 0 Å². The maximum absolute atomic E-state index is 13.6. The van der Waals surface area contributed by atoms with E-state index in [0.717, 1.165) is 44.5 Å². The summed E-state index contributed by atoms with van der Waals surface area (Å²) in [6.45, 7) is 0.466. The van der Waals surface area contributed by atoms with E-state index in [4.69, 9.17) is 4.98 Å². The Morgan fingerprint density at radius 2 is 1.86 bits per heavy atom. The van der Waals surface area contributed by atoms with Crippen LogP contribution in [0.4, 0.5) is 17.2 Å². The minimum Gasteiger partial charge on any atom is -0.326 e. The van der Waals surface area contributed by atoms with Crippen LogP contribution in [0.25, 0.3) is 10.9 Å². The van der Waals surface area contributed by atoms with Crippen LogP contribution in [0, 0.1) is 0 Å². The smallest absolute Gasteiger partial charge is 0.276 e. The van der Waals surface area contributed by atoms with Crippen molar-refractivity contribution in [3.63, 3.8) is 0 Å². The molecule has 0 saturated carbocycles. The molecule has 0 bridgehead atoms. The summed E-state index contributed by atoms with van der Waals surface area (Å²) in [7, 11) is 0. The molecule has 1 aliphatic carbocycles. The molecule has 0 saturated heterocycles. The van der Waals surface area contributed by atoms with E-state index in [-0.39, 0.29) is 23.6 Å². The lowest BCUT2D eigenvalue weighted by atomic mass is 9.79. The second-order valence-corrected chi connectivity index (χ2v) is 10.4. The molecular weight excluding hydrogens is 466 g/mol. The number of benzene rings is 2. The average molecular weight is 488 g/mol. The molecule has 2 atom stereocenters. The molecule has 8 nitrogen and oxygen atoms in total. The molecule has 180 valence electrons. The highest BCUT2D eigenvalue weighted by Crippen LogP contribution is 2.48. The summed E-state index contributed by atoms with van der Waals surface area (Å²) in [6, 6.07) is 17.3. The molecule has 37 heavy (non-hydrogen) atoms. The van der Waals surface area contributed by atoms with Gasteiger partial charge in [0.15, 0.2) is 0 Å². The SMILES string of the molecule is O=C1CC2CN(C(=O)c3ccc4cc5c(cc4n3)CC3(C5)C(=O)Nc4ncccc43)c3cccc(c32)N1. The Morgan fingerprint density at radius 3 is 2.76 bits per heavy atom. The summed E-state index contributed by atoms with van der Waals surface area (Å²) in [5.41, 5.74) is 6.25. The van der Waals surface area contributed by atoms with Gasteiger partial charge in [-0.3, -0.25) is 14.4 Å². The first kappa shape index (κ1) is 20.6. The number of anilines is 3. The average Bonchev–Trinajstić information content (AvgIpc) is 3.54. The zero-order valence-corrected chi connectivity index (χ0v) is 19.7. The van der Waals surface area contributed by atoms with Crippen LogP contribution in [0.2, 0.25) is 0 Å². The number of hydrogen-bond donors (Lipinski definition) is 2. The third-order valence-corrected chi connectivity index (χ3v) is 8.34. The van der Waals surface area contributed by atoms with Crippen molar-refractivity contribution in [1.82, 2.24) is 9.97 Å². The van der Waals surface area contributed by atoms with E-state index in [1.165, 1.54) is 0 Å². The van der Waals surface area contributed by atoms with Gasteiger partial charge < -0.3 is 15.5 Å². The summed E-state index contributed by atoms with van der Waals surface area (Å²) < 4.78 is 0. The van der Waals surface area contributed by atoms with Gasteiger partial charge in [0.2, 0.25) is 11.8 Å². The molecule has 3 amide bonds. The largest absolute Gasteiger partial charge is 0.326 e. The second kappa shape index (κ2) is 7.00. The van der Waals surface area contributed by atoms with Crippen LogP contribution in [0.1, 0.15) is 45.1 Å². The van der Waals surface area contributed by atoms with E-state index in [1.54, 1.807) is 17.2 Å². The third-order valence-electron chi connectivity index (χ3n) is 8.34. The fourth-order valence-corrected chi connectivity index (χ4v) is 6.67. The van der Waals surface area contributed by atoms with E-state index in [2.05, 4.69) is 21.7 Å². The molecule has 0 radical (unpaired) electrons. The third kappa shape index (κ3) is 2.75. The molecule has 2 aromatic heterocycles. The molecule has 1 spiro atoms. The molecule has 5 heterocycles. The lowest BCUT2D eigenvalue weighted by molar-refractivity contribution is -0.120. The standard InChI is InChI=1S/C29H21N5O3/c35-24-11-18-14-34(23-5-1-4-20(32-24)25(18)23)27(36)21-7-6-15-9-16-12-29(13-17(16)10-22(15)31-21)19-3-2-8-30-26(19)33-28(29)37/h1-10,18H,11-14H2,(H,32,35)(H,30,33,37). The predicted molar refractivity (Wildman–Crippen MR) is 138 cm³/mol. The van der Waals surface area contributed by atoms with Gasteiger partial charge in [-0.1, -0.05) is 18.2 Å². The summed E-state index contributed by atoms with van der Waals surface area (Å²) >= 11 is 0. The lowest BCUT2D eigenvalue weighted by Crippen LogP contribution is -2.35. The van der Waals surface area contributed by atoms with Crippen molar-refractivity contribution in [2.45, 2.75) is 30.6 Å².